The highest BCUT2D eigenvalue weighted by atomic mass is 19.4. The van der Waals surface area contributed by atoms with Gasteiger partial charge in [0.15, 0.2) is 0 Å². The highest BCUT2D eigenvalue weighted by Gasteiger charge is 2.30. The molecule has 0 saturated carbocycles. The molecule has 3 N–H and O–H groups in total. The molecule has 1 aromatic carbocycles. The van der Waals surface area contributed by atoms with E-state index in [1.807, 2.05) is 6.92 Å². The molecule has 21 heavy (non-hydrogen) atoms. The molecule has 7 heteroatoms. The van der Waals surface area contributed by atoms with Gasteiger partial charge in [0, 0.05) is 17.6 Å². The van der Waals surface area contributed by atoms with Crippen LogP contribution in [0.3, 0.4) is 0 Å². The summed E-state index contributed by atoms with van der Waals surface area (Å²) < 4.78 is 37.2. The van der Waals surface area contributed by atoms with Crippen molar-refractivity contribution >= 4 is 17.3 Å². The Morgan fingerprint density at radius 1 is 1.24 bits per heavy atom. The zero-order valence-corrected chi connectivity index (χ0v) is 11.0. The number of carbonyl (C=O) groups is 1. The predicted octanol–water partition coefficient (Wildman–Crippen LogP) is 3.24. The summed E-state index contributed by atoms with van der Waals surface area (Å²) in [5, 5.41) is 2.52. The summed E-state index contributed by atoms with van der Waals surface area (Å²) in [7, 11) is 0. The number of amides is 1. The SMILES string of the molecule is Cc1ccc(NC(=O)c2ccc(C(F)(F)F)cn2)cc1N. The lowest BCUT2D eigenvalue weighted by Gasteiger charge is -2.08. The molecular weight excluding hydrogens is 283 g/mol. The molecule has 0 unspecified atom stereocenters. The molecule has 0 saturated heterocycles. The van der Waals surface area contributed by atoms with E-state index in [9.17, 15) is 18.0 Å². The Labute approximate surface area is 118 Å². The number of nitrogen functional groups attached to an aromatic ring is 1. The minimum atomic E-state index is -4.48. The fourth-order valence-electron chi connectivity index (χ4n) is 1.61. The van der Waals surface area contributed by atoms with Crippen molar-refractivity contribution in [2.75, 3.05) is 11.1 Å². The smallest absolute Gasteiger partial charge is 0.398 e. The molecule has 0 aliphatic rings. The third-order valence-electron chi connectivity index (χ3n) is 2.86. The molecule has 1 heterocycles. The fourth-order valence-corrected chi connectivity index (χ4v) is 1.61. The number of nitrogens with two attached hydrogens (primary N) is 1. The first-order chi connectivity index (χ1) is 9.77. The summed E-state index contributed by atoms with van der Waals surface area (Å²) in [6.07, 6.45) is -3.86. The van der Waals surface area contributed by atoms with E-state index in [4.69, 9.17) is 5.73 Å². The summed E-state index contributed by atoms with van der Waals surface area (Å²) in [4.78, 5) is 15.4. The number of halogens is 3. The van der Waals surface area contributed by atoms with Gasteiger partial charge in [-0.05, 0) is 36.8 Å². The van der Waals surface area contributed by atoms with Crippen LogP contribution < -0.4 is 11.1 Å². The second kappa shape index (κ2) is 5.43. The van der Waals surface area contributed by atoms with Crippen LogP contribution in [0, 0.1) is 6.92 Å². The van der Waals surface area contributed by atoms with Gasteiger partial charge < -0.3 is 11.1 Å². The first-order valence-corrected chi connectivity index (χ1v) is 5.98. The van der Waals surface area contributed by atoms with Crippen LogP contribution in [0.1, 0.15) is 21.6 Å². The quantitative estimate of drug-likeness (QED) is 0.836. The highest BCUT2D eigenvalue weighted by molar-refractivity contribution is 6.03. The number of aromatic nitrogens is 1. The molecule has 0 fully saturated rings. The number of carbonyl (C=O) groups excluding carboxylic acids is 1. The van der Waals surface area contributed by atoms with Gasteiger partial charge >= 0.3 is 6.18 Å². The first-order valence-electron chi connectivity index (χ1n) is 5.98. The van der Waals surface area contributed by atoms with Gasteiger partial charge in [0.25, 0.3) is 5.91 Å². The standard InChI is InChI=1S/C14H12F3N3O/c1-8-2-4-10(6-11(8)18)20-13(21)12-5-3-9(7-19-12)14(15,16)17/h2-7H,18H2,1H3,(H,20,21). The molecule has 2 rings (SSSR count). The van der Waals surface area contributed by atoms with Crippen molar-refractivity contribution in [1.82, 2.24) is 4.98 Å². The fraction of sp³-hybridized carbons (Fsp3) is 0.143. The van der Waals surface area contributed by atoms with E-state index < -0.39 is 17.6 Å². The molecule has 110 valence electrons. The number of hydrogen-bond acceptors (Lipinski definition) is 3. The summed E-state index contributed by atoms with van der Waals surface area (Å²) in [5.74, 6) is -0.605. The van der Waals surface area contributed by atoms with Gasteiger partial charge in [-0.15, -0.1) is 0 Å². The van der Waals surface area contributed by atoms with Crippen LogP contribution in [0.4, 0.5) is 24.5 Å². The Bertz CT molecular complexity index is 666. The molecule has 0 spiro atoms. The van der Waals surface area contributed by atoms with Gasteiger partial charge in [0.05, 0.1) is 5.56 Å². The predicted molar refractivity (Wildman–Crippen MR) is 72.8 cm³/mol. The van der Waals surface area contributed by atoms with Crippen molar-refractivity contribution < 1.29 is 18.0 Å². The van der Waals surface area contributed by atoms with E-state index in [1.54, 1.807) is 18.2 Å². The number of nitrogens with one attached hydrogen (secondary N) is 1. The maximum atomic E-state index is 12.4. The van der Waals surface area contributed by atoms with Crippen molar-refractivity contribution in [2.24, 2.45) is 0 Å². The van der Waals surface area contributed by atoms with Crippen LogP contribution in [-0.4, -0.2) is 10.9 Å². The minimum absolute atomic E-state index is 0.109. The molecule has 0 aliphatic heterocycles. The second-order valence-electron chi connectivity index (χ2n) is 4.46. The minimum Gasteiger partial charge on any atom is -0.398 e. The van der Waals surface area contributed by atoms with Gasteiger partial charge in [-0.2, -0.15) is 13.2 Å². The van der Waals surface area contributed by atoms with Crippen molar-refractivity contribution in [1.29, 1.82) is 0 Å². The first kappa shape index (κ1) is 14.8. The number of nitrogens with zero attached hydrogens (tertiary/aromatic N) is 1. The van der Waals surface area contributed by atoms with E-state index in [0.29, 0.717) is 17.6 Å². The largest absolute Gasteiger partial charge is 0.417 e. The lowest BCUT2D eigenvalue weighted by Crippen LogP contribution is -2.15. The van der Waals surface area contributed by atoms with Gasteiger partial charge in [0.1, 0.15) is 5.69 Å². The zero-order valence-electron chi connectivity index (χ0n) is 11.0. The van der Waals surface area contributed by atoms with Crippen molar-refractivity contribution in [2.45, 2.75) is 13.1 Å². The highest BCUT2D eigenvalue weighted by Crippen LogP contribution is 2.28. The summed E-state index contributed by atoms with van der Waals surface area (Å²) in [6.45, 7) is 1.82. The van der Waals surface area contributed by atoms with E-state index in [-0.39, 0.29) is 5.69 Å². The molecule has 1 amide bonds. The maximum Gasteiger partial charge on any atom is 0.417 e. The van der Waals surface area contributed by atoms with Crippen LogP contribution in [0.2, 0.25) is 0 Å². The number of aryl methyl sites for hydroxylation is 1. The lowest BCUT2D eigenvalue weighted by atomic mass is 10.2. The summed E-state index contributed by atoms with van der Waals surface area (Å²) >= 11 is 0. The van der Waals surface area contributed by atoms with Gasteiger partial charge in [-0.3, -0.25) is 9.78 Å². The Hall–Kier alpha value is -2.57. The summed E-state index contributed by atoms with van der Waals surface area (Å²) in [6, 6.07) is 6.78. The zero-order chi connectivity index (χ0) is 15.6. The third-order valence-corrected chi connectivity index (χ3v) is 2.86. The molecule has 2 aromatic rings. The maximum absolute atomic E-state index is 12.4. The van der Waals surface area contributed by atoms with Crippen molar-refractivity contribution in [3.63, 3.8) is 0 Å². The molecule has 4 nitrogen and oxygen atoms in total. The van der Waals surface area contributed by atoms with E-state index in [2.05, 4.69) is 10.3 Å². The van der Waals surface area contributed by atoms with Crippen LogP contribution in [0.25, 0.3) is 0 Å². The topological polar surface area (TPSA) is 68.0 Å². The van der Waals surface area contributed by atoms with Gasteiger partial charge in [-0.25, -0.2) is 0 Å². The number of hydrogen-bond donors (Lipinski definition) is 2. The molecule has 0 bridgehead atoms. The molecule has 0 aliphatic carbocycles. The lowest BCUT2D eigenvalue weighted by molar-refractivity contribution is -0.137. The molecule has 0 radical (unpaired) electrons. The average Bonchev–Trinajstić information content (AvgIpc) is 2.42. The van der Waals surface area contributed by atoms with Crippen LogP contribution in [0.15, 0.2) is 36.5 Å². The van der Waals surface area contributed by atoms with Crippen molar-refractivity contribution in [3.8, 4) is 0 Å². The van der Waals surface area contributed by atoms with Gasteiger partial charge in [-0.1, -0.05) is 6.07 Å². The number of pyridine rings is 1. The third kappa shape index (κ3) is 3.50. The summed E-state index contributed by atoms with van der Waals surface area (Å²) in [5.41, 5.74) is 6.52. The number of alkyl halides is 3. The van der Waals surface area contributed by atoms with Crippen LogP contribution in [-0.2, 0) is 6.18 Å². The molecule has 0 atom stereocenters. The Kier molecular flexibility index (Phi) is 3.84. The Morgan fingerprint density at radius 2 is 1.95 bits per heavy atom. The second-order valence-corrected chi connectivity index (χ2v) is 4.46. The van der Waals surface area contributed by atoms with E-state index in [1.165, 1.54) is 0 Å². The Balaban J connectivity index is 2.15. The van der Waals surface area contributed by atoms with Crippen molar-refractivity contribution in [3.05, 3.63) is 53.3 Å². The molecule has 1 aromatic heterocycles. The molecular formula is C14H12F3N3O. The van der Waals surface area contributed by atoms with E-state index >= 15 is 0 Å². The Morgan fingerprint density at radius 3 is 2.48 bits per heavy atom. The van der Waals surface area contributed by atoms with Crippen LogP contribution >= 0.6 is 0 Å². The number of anilines is 2. The monoisotopic (exact) mass is 295 g/mol. The average molecular weight is 295 g/mol. The van der Waals surface area contributed by atoms with E-state index in [0.717, 1.165) is 17.7 Å². The normalized spacial score (nSPS) is 11.2. The van der Waals surface area contributed by atoms with Crippen LogP contribution in [0.5, 0.6) is 0 Å². The van der Waals surface area contributed by atoms with Gasteiger partial charge in [0.2, 0.25) is 0 Å². The number of rotatable bonds is 2. The number of benzene rings is 1.